The van der Waals surface area contributed by atoms with Crippen molar-refractivity contribution in [1.29, 1.82) is 0 Å². The van der Waals surface area contributed by atoms with E-state index in [2.05, 4.69) is 10.3 Å². The molecule has 0 spiro atoms. The zero-order chi connectivity index (χ0) is 19.5. The normalized spacial score (nSPS) is 14.2. The second-order valence-electron chi connectivity index (χ2n) is 6.20. The van der Waals surface area contributed by atoms with Gasteiger partial charge in [0.25, 0.3) is 11.8 Å². The van der Waals surface area contributed by atoms with Crippen LogP contribution in [0.4, 0.5) is 16.1 Å². The summed E-state index contributed by atoms with van der Waals surface area (Å²) in [4.78, 5) is 32.1. The van der Waals surface area contributed by atoms with Crippen LogP contribution in [0.3, 0.4) is 0 Å². The van der Waals surface area contributed by atoms with E-state index >= 15 is 0 Å². The molecule has 1 aliphatic rings. The number of carbonyl (C=O) groups excluding carboxylic acids is 2. The van der Waals surface area contributed by atoms with Gasteiger partial charge in [-0.3, -0.25) is 14.9 Å². The van der Waals surface area contributed by atoms with Crippen LogP contribution in [0.2, 0.25) is 0 Å². The van der Waals surface area contributed by atoms with Crippen LogP contribution >= 0.6 is 0 Å². The van der Waals surface area contributed by atoms with Crippen molar-refractivity contribution in [2.24, 2.45) is 0 Å². The molecular weight excluding hydrogens is 367 g/mol. The maximum absolute atomic E-state index is 13.9. The average molecular weight is 384 g/mol. The van der Waals surface area contributed by atoms with Crippen LogP contribution in [-0.4, -0.2) is 47.9 Å². The van der Waals surface area contributed by atoms with Crippen LogP contribution < -0.4 is 10.2 Å². The number of amides is 2. The minimum atomic E-state index is -0.524. The second kappa shape index (κ2) is 7.55. The molecular formula is C19H17FN4O4. The van der Waals surface area contributed by atoms with E-state index in [-0.39, 0.29) is 29.2 Å². The van der Waals surface area contributed by atoms with Crippen LogP contribution in [0.1, 0.15) is 21.0 Å². The summed E-state index contributed by atoms with van der Waals surface area (Å²) in [6, 6.07) is 9.56. The Kier molecular flexibility index (Phi) is 4.79. The number of para-hydroxylation sites is 1. The first kappa shape index (κ1) is 17.8. The highest BCUT2D eigenvalue weighted by atomic mass is 19.1. The minimum Gasteiger partial charge on any atom is -0.459 e. The molecule has 0 unspecified atom stereocenters. The lowest BCUT2D eigenvalue weighted by molar-refractivity contribution is 0.0740. The average Bonchev–Trinajstić information content (AvgIpc) is 3.40. The Bertz CT molecular complexity index is 978. The predicted octanol–water partition coefficient (Wildman–Crippen LogP) is 2.62. The van der Waals surface area contributed by atoms with E-state index in [9.17, 15) is 14.0 Å². The highest BCUT2D eigenvalue weighted by Gasteiger charge is 2.26. The van der Waals surface area contributed by atoms with E-state index in [1.54, 1.807) is 29.2 Å². The number of benzene rings is 1. The van der Waals surface area contributed by atoms with Gasteiger partial charge >= 0.3 is 6.01 Å². The Hall–Kier alpha value is -3.62. The van der Waals surface area contributed by atoms with E-state index in [0.717, 1.165) is 0 Å². The zero-order valence-electron chi connectivity index (χ0n) is 14.8. The number of hydrogen-bond donors (Lipinski definition) is 1. The topological polar surface area (TPSA) is 91.8 Å². The molecule has 3 heterocycles. The monoisotopic (exact) mass is 384 g/mol. The van der Waals surface area contributed by atoms with Gasteiger partial charge in [-0.05, 0) is 24.3 Å². The summed E-state index contributed by atoms with van der Waals surface area (Å²) in [5.41, 5.74) is 0.619. The Morgan fingerprint density at radius 1 is 1.04 bits per heavy atom. The third-order valence-corrected chi connectivity index (χ3v) is 4.45. The maximum atomic E-state index is 13.9. The molecule has 0 radical (unpaired) electrons. The second-order valence-corrected chi connectivity index (χ2v) is 6.20. The number of anilines is 2. The SMILES string of the molecule is O=C(Nc1nc(C(=O)N2CCN(c3ccccc3F)CC2)co1)c1ccco1. The molecule has 1 N–H and O–H groups in total. The first-order chi connectivity index (χ1) is 13.6. The molecule has 1 aliphatic heterocycles. The highest BCUT2D eigenvalue weighted by Crippen LogP contribution is 2.21. The summed E-state index contributed by atoms with van der Waals surface area (Å²) in [6.45, 7) is 1.86. The van der Waals surface area contributed by atoms with E-state index in [1.807, 2.05) is 4.90 Å². The highest BCUT2D eigenvalue weighted by molar-refractivity contribution is 6.01. The van der Waals surface area contributed by atoms with Crippen molar-refractivity contribution in [2.75, 3.05) is 36.4 Å². The summed E-state index contributed by atoms with van der Waals surface area (Å²) in [5.74, 6) is -1.01. The van der Waals surface area contributed by atoms with Gasteiger partial charge in [0.2, 0.25) is 0 Å². The van der Waals surface area contributed by atoms with Crippen molar-refractivity contribution >= 4 is 23.5 Å². The fourth-order valence-corrected chi connectivity index (χ4v) is 3.02. The molecule has 2 aromatic heterocycles. The van der Waals surface area contributed by atoms with Gasteiger partial charge < -0.3 is 18.6 Å². The van der Waals surface area contributed by atoms with Crippen LogP contribution in [-0.2, 0) is 0 Å². The molecule has 1 saturated heterocycles. The van der Waals surface area contributed by atoms with E-state index in [4.69, 9.17) is 8.83 Å². The summed E-state index contributed by atoms with van der Waals surface area (Å²) in [5, 5.41) is 2.43. The predicted molar refractivity (Wildman–Crippen MR) is 97.7 cm³/mol. The summed E-state index contributed by atoms with van der Waals surface area (Å²) in [7, 11) is 0. The van der Waals surface area contributed by atoms with Gasteiger partial charge in [-0.2, -0.15) is 4.98 Å². The zero-order valence-corrected chi connectivity index (χ0v) is 14.8. The fraction of sp³-hybridized carbons (Fsp3) is 0.211. The van der Waals surface area contributed by atoms with E-state index < -0.39 is 5.91 Å². The van der Waals surface area contributed by atoms with Crippen molar-refractivity contribution in [3.05, 3.63) is 66.2 Å². The lowest BCUT2D eigenvalue weighted by Gasteiger charge is -2.35. The Labute approximate surface area is 159 Å². The Morgan fingerprint density at radius 2 is 1.82 bits per heavy atom. The molecule has 0 aliphatic carbocycles. The number of furan rings is 1. The van der Waals surface area contributed by atoms with Crippen molar-refractivity contribution in [1.82, 2.24) is 9.88 Å². The molecule has 8 nitrogen and oxygen atoms in total. The molecule has 0 atom stereocenters. The summed E-state index contributed by atoms with van der Waals surface area (Å²) in [6.07, 6.45) is 2.57. The molecule has 9 heteroatoms. The van der Waals surface area contributed by atoms with Gasteiger partial charge in [-0.15, -0.1) is 0 Å². The molecule has 1 fully saturated rings. The summed E-state index contributed by atoms with van der Waals surface area (Å²) < 4.78 is 24.1. The lowest BCUT2D eigenvalue weighted by Crippen LogP contribution is -2.49. The molecule has 2 amide bonds. The van der Waals surface area contributed by atoms with E-state index in [1.165, 1.54) is 24.7 Å². The number of piperazine rings is 1. The third kappa shape index (κ3) is 3.59. The molecule has 4 rings (SSSR count). The summed E-state index contributed by atoms with van der Waals surface area (Å²) >= 11 is 0. The Balaban J connectivity index is 1.36. The smallest absolute Gasteiger partial charge is 0.302 e. The molecule has 28 heavy (non-hydrogen) atoms. The standard InChI is InChI=1S/C19H17FN4O4/c20-13-4-1-2-5-15(13)23-7-9-24(10-8-23)18(26)14-12-28-19(21-14)22-17(25)16-6-3-11-27-16/h1-6,11-12H,7-10H2,(H,21,22,25). The molecule has 0 saturated carbocycles. The third-order valence-electron chi connectivity index (χ3n) is 4.45. The van der Waals surface area contributed by atoms with Crippen LogP contribution in [0.25, 0.3) is 0 Å². The van der Waals surface area contributed by atoms with E-state index in [0.29, 0.717) is 31.9 Å². The fourth-order valence-electron chi connectivity index (χ4n) is 3.02. The number of aromatic nitrogens is 1. The quantitative estimate of drug-likeness (QED) is 0.744. The van der Waals surface area contributed by atoms with Gasteiger partial charge in [0.05, 0.1) is 12.0 Å². The molecule has 3 aromatic rings. The molecule has 1 aromatic carbocycles. The number of nitrogens with zero attached hydrogens (tertiary/aromatic N) is 3. The largest absolute Gasteiger partial charge is 0.459 e. The Morgan fingerprint density at radius 3 is 2.54 bits per heavy atom. The van der Waals surface area contributed by atoms with Gasteiger partial charge in [-0.25, -0.2) is 4.39 Å². The van der Waals surface area contributed by atoms with Crippen molar-refractivity contribution in [2.45, 2.75) is 0 Å². The van der Waals surface area contributed by atoms with Crippen LogP contribution in [0.15, 0.2) is 57.8 Å². The van der Waals surface area contributed by atoms with Gasteiger partial charge in [-0.1, -0.05) is 12.1 Å². The maximum Gasteiger partial charge on any atom is 0.302 e. The minimum absolute atomic E-state index is 0.0882. The number of halogens is 1. The van der Waals surface area contributed by atoms with Crippen LogP contribution in [0, 0.1) is 5.82 Å². The van der Waals surface area contributed by atoms with Gasteiger partial charge in [0.15, 0.2) is 11.5 Å². The van der Waals surface area contributed by atoms with Gasteiger partial charge in [0, 0.05) is 26.2 Å². The number of nitrogens with one attached hydrogen (secondary N) is 1. The first-order valence-electron chi connectivity index (χ1n) is 8.71. The van der Waals surface area contributed by atoms with Crippen LogP contribution in [0.5, 0.6) is 0 Å². The first-order valence-corrected chi connectivity index (χ1v) is 8.71. The number of oxazole rings is 1. The van der Waals surface area contributed by atoms with Gasteiger partial charge in [0.1, 0.15) is 12.1 Å². The van der Waals surface area contributed by atoms with Crippen molar-refractivity contribution in [3.8, 4) is 0 Å². The number of hydrogen-bond acceptors (Lipinski definition) is 6. The van der Waals surface area contributed by atoms with Crippen molar-refractivity contribution in [3.63, 3.8) is 0 Å². The molecule has 144 valence electrons. The lowest BCUT2D eigenvalue weighted by atomic mass is 10.2. The molecule has 0 bridgehead atoms. The number of rotatable bonds is 4. The number of carbonyl (C=O) groups is 2. The van der Waals surface area contributed by atoms with Crippen molar-refractivity contribution < 1.29 is 22.8 Å².